The van der Waals surface area contributed by atoms with E-state index in [-0.39, 0.29) is 0 Å². The Balaban J connectivity index is -0.000000131. The Hall–Kier alpha value is 0.387. The van der Waals surface area contributed by atoms with Crippen LogP contribution in [0.1, 0.15) is 0 Å². The van der Waals surface area contributed by atoms with Crippen molar-refractivity contribution in [2.45, 2.75) is 45.7 Å². The van der Waals surface area contributed by atoms with E-state index in [0.29, 0.717) is 0 Å². The molecule has 0 amide bonds. The van der Waals surface area contributed by atoms with Gasteiger partial charge in [0.15, 0.2) is 0 Å². The van der Waals surface area contributed by atoms with Gasteiger partial charge in [0.1, 0.15) is 0 Å². The van der Waals surface area contributed by atoms with Crippen LogP contribution in [-0.2, 0) is 0 Å². The Morgan fingerprint density at radius 2 is 0.714 bits per heavy atom. The van der Waals surface area contributed by atoms with Gasteiger partial charge in [-0.05, 0) is 6.16 Å². The zero-order chi connectivity index (χ0) is 12.6. The number of hydrogen-bond acceptors (Lipinski definition) is 3. The smallest absolute Gasteiger partial charge is 0.0431 e. The average Bonchev–Trinajstić information content (AvgIpc) is 1.45. The van der Waals surface area contributed by atoms with Crippen LogP contribution in [0.5, 0.6) is 0 Å². The monoisotopic (exact) mass is 330 g/mol. The molecular weight excluding hydrogens is 306 g/mol. The zero-order valence-electron chi connectivity index (χ0n) is 10.6. The van der Waals surface area contributed by atoms with E-state index < -0.39 is 33.3 Å². The number of carboxylic acid groups (broad SMARTS) is 2. The third-order valence-corrected chi connectivity index (χ3v) is 0. The number of carbonyl (C=O) groups is 1. The molecule has 0 heterocycles. The molecule has 0 atom stereocenters. The molecule has 0 bridgehead atoms. The first kappa shape index (κ1) is 19.9. The topological polar surface area (TPSA) is 63.2 Å². The van der Waals surface area contributed by atoms with Crippen LogP contribution in [0.4, 0.5) is 4.79 Å². The van der Waals surface area contributed by atoms with Crippen molar-refractivity contribution in [3.05, 3.63) is 0 Å². The molecule has 0 aromatic rings. The SMILES string of the molecule is C[As+](C)(C)C.C[As+](C)(C)C.O=C([O-])[O-]. The molecule has 0 aliphatic heterocycles. The van der Waals surface area contributed by atoms with E-state index in [1.54, 1.807) is 0 Å². The number of hydrogen-bond donors (Lipinski definition) is 0. The summed E-state index contributed by atoms with van der Waals surface area (Å²) in [6.07, 6.45) is -2.33. The van der Waals surface area contributed by atoms with Gasteiger partial charge >= 0.3 is 72.8 Å². The summed E-state index contributed by atoms with van der Waals surface area (Å²) < 4.78 is 0. The van der Waals surface area contributed by atoms with E-state index in [4.69, 9.17) is 15.0 Å². The maximum Gasteiger partial charge on any atom is -0.0431 e. The molecule has 0 spiro atoms. The van der Waals surface area contributed by atoms with Gasteiger partial charge in [0.25, 0.3) is 0 Å². The van der Waals surface area contributed by atoms with Crippen molar-refractivity contribution in [1.82, 2.24) is 0 Å². The first-order valence-corrected chi connectivity index (χ1v) is 19.2. The maximum absolute atomic E-state index is 8.33. The number of rotatable bonds is 0. The molecule has 0 N–H and O–H groups in total. The normalized spacial score (nSPS) is 10.3. The van der Waals surface area contributed by atoms with Gasteiger partial charge in [0, 0.05) is 0 Å². The van der Waals surface area contributed by atoms with Crippen molar-refractivity contribution in [1.29, 1.82) is 0 Å². The van der Waals surface area contributed by atoms with Crippen LogP contribution in [0.25, 0.3) is 0 Å². The van der Waals surface area contributed by atoms with Gasteiger partial charge in [-0.2, -0.15) is 0 Å². The van der Waals surface area contributed by atoms with E-state index in [2.05, 4.69) is 45.7 Å². The largest absolute Gasteiger partial charge is 0.652 e. The molecule has 0 radical (unpaired) electrons. The Labute approximate surface area is 93.8 Å². The van der Waals surface area contributed by atoms with Crippen LogP contribution in [0, 0.1) is 0 Å². The summed E-state index contributed by atoms with van der Waals surface area (Å²) in [5.74, 6) is 0. The minimum Gasteiger partial charge on any atom is -0.652 e. The Morgan fingerprint density at radius 3 is 0.714 bits per heavy atom. The van der Waals surface area contributed by atoms with Gasteiger partial charge in [-0.15, -0.1) is 0 Å². The quantitative estimate of drug-likeness (QED) is 0.632. The first-order chi connectivity index (χ1) is 5.73. The molecule has 14 heavy (non-hydrogen) atoms. The van der Waals surface area contributed by atoms with Crippen LogP contribution < -0.4 is 10.2 Å². The summed E-state index contributed by atoms with van der Waals surface area (Å²) in [4.78, 5) is 8.33. The first-order valence-electron chi connectivity index (χ1n) is 4.19. The van der Waals surface area contributed by atoms with E-state index >= 15 is 0 Å². The molecule has 0 aromatic heterocycles. The van der Waals surface area contributed by atoms with Crippen molar-refractivity contribution in [3.8, 4) is 0 Å². The third kappa shape index (κ3) is 10700. The molecule has 0 saturated carbocycles. The molecule has 88 valence electrons. The van der Waals surface area contributed by atoms with Crippen molar-refractivity contribution >= 4 is 33.3 Å². The molecule has 5 heteroatoms. The Kier molecular flexibility index (Phi) is 12.3. The Bertz CT molecular complexity index is 117. The predicted molar refractivity (Wildman–Crippen MR) is 63.8 cm³/mol. The summed E-state index contributed by atoms with van der Waals surface area (Å²) in [6, 6.07) is 0. The fourth-order valence-corrected chi connectivity index (χ4v) is 0. The van der Waals surface area contributed by atoms with Crippen molar-refractivity contribution in [2.24, 2.45) is 0 Å². The van der Waals surface area contributed by atoms with Gasteiger partial charge in [-0.25, -0.2) is 0 Å². The molecule has 0 aliphatic rings. The summed E-state index contributed by atoms with van der Waals surface area (Å²) in [5, 5.41) is 16.7. The van der Waals surface area contributed by atoms with Crippen LogP contribution in [-0.4, -0.2) is 33.3 Å². The minimum absolute atomic E-state index is 0.875. The van der Waals surface area contributed by atoms with Crippen LogP contribution in [0.15, 0.2) is 0 Å². The summed E-state index contributed by atoms with van der Waals surface area (Å²) >= 11 is -1.75. The molecule has 0 aromatic carbocycles. The van der Waals surface area contributed by atoms with Gasteiger partial charge in [0.05, 0.1) is 0 Å². The molecule has 0 fully saturated rings. The van der Waals surface area contributed by atoms with Gasteiger partial charge in [-0.1, -0.05) is 0 Å². The summed E-state index contributed by atoms with van der Waals surface area (Å²) in [7, 11) is 0. The van der Waals surface area contributed by atoms with Gasteiger partial charge in [0.2, 0.25) is 0 Å². The fourth-order valence-electron chi connectivity index (χ4n) is 0. The van der Waals surface area contributed by atoms with Crippen molar-refractivity contribution in [2.75, 3.05) is 0 Å². The van der Waals surface area contributed by atoms with Crippen molar-refractivity contribution < 1.29 is 15.0 Å². The van der Waals surface area contributed by atoms with E-state index in [1.807, 2.05) is 0 Å². The van der Waals surface area contributed by atoms with E-state index in [0.717, 1.165) is 0 Å². The standard InChI is InChI=1S/2C4H12As.CH2O3/c2*1-5(2,3)4;2-1(3)4/h2*1-4H3;(H2,2,3,4)/q2*+1;/p-2. The van der Waals surface area contributed by atoms with Gasteiger partial charge < -0.3 is 15.0 Å². The van der Waals surface area contributed by atoms with Crippen LogP contribution in [0.3, 0.4) is 0 Å². The van der Waals surface area contributed by atoms with E-state index in [9.17, 15) is 0 Å². The second-order valence-electron chi connectivity index (χ2n) is 5.62. The van der Waals surface area contributed by atoms with Crippen molar-refractivity contribution in [3.63, 3.8) is 0 Å². The zero-order valence-corrected chi connectivity index (χ0v) is 14.4. The second-order valence-corrected chi connectivity index (χ2v) is 28.1. The third-order valence-electron chi connectivity index (χ3n) is 0. The fraction of sp³-hybridized carbons (Fsp3) is 0.889. The molecule has 0 saturated heterocycles. The molecular formula is C9H24As2O3. The van der Waals surface area contributed by atoms with Crippen LogP contribution in [0.2, 0.25) is 45.7 Å². The summed E-state index contributed by atoms with van der Waals surface area (Å²) in [5.41, 5.74) is 18.9. The van der Waals surface area contributed by atoms with Crippen LogP contribution >= 0.6 is 0 Å². The second kappa shape index (κ2) is 8.68. The molecule has 3 nitrogen and oxygen atoms in total. The molecule has 0 aliphatic carbocycles. The average molecular weight is 330 g/mol. The number of carbonyl (C=O) groups excluding carboxylic acids is 1. The van der Waals surface area contributed by atoms with E-state index in [1.165, 1.54) is 0 Å². The maximum atomic E-state index is 8.33. The Morgan fingerprint density at radius 1 is 0.714 bits per heavy atom. The molecule has 0 unspecified atom stereocenters. The predicted octanol–water partition coefficient (Wildman–Crippen LogP) is 1.46. The van der Waals surface area contributed by atoms with Gasteiger partial charge in [-0.3, -0.25) is 0 Å². The summed E-state index contributed by atoms with van der Waals surface area (Å²) in [6.45, 7) is 0. The minimum atomic E-state index is -2.33. The molecule has 0 rings (SSSR count).